The lowest BCUT2D eigenvalue weighted by Gasteiger charge is -2.35. The summed E-state index contributed by atoms with van der Waals surface area (Å²) in [5.74, 6) is 0.686. The van der Waals surface area contributed by atoms with Crippen LogP contribution in [0.3, 0.4) is 0 Å². The van der Waals surface area contributed by atoms with Gasteiger partial charge >= 0.3 is 0 Å². The second-order valence-electron chi connectivity index (χ2n) is 5.53. The van der Waals surface area contributed by atoms with Crippen molar-refractivity contribution >= 4 is 10.8 Å². The van der Waals surface area contributed by atoms with Crippen molar-refractivity contribution in [1.82, 2.24) is 0 Å². The van der Waals surface area contributed by atoms with Gasteiger partial charge in [-0.1, -0.05) is 6.92 Å². The van der Waals surface area contributed by atoms with Crippen molar-refractivity contribution in [2.24, 2.45) is 11.7 Å². The van der Waals surface area contributed by atoms with Crippen molar-refractivity contribution in [3.8, 4) is 0 Å². The van der Waals surface area contributed by atoms with Gasteiger partial charge in [-0.2, -0.15) is 0 Å². The molecule has 4 atom stereocenters. The zero-order valence-corrected chi connectivity index (χ0v) is 10.6. The minimum absolute atomic E-state index is 0.126. The Balaban J connectivity index is 2.70. The topological polar surface area (TPSA) is 43.1 Å². The maximum absolute atomic E-state index is 12.2. The first-order valence-electron chi connectivity index (χ1n) is 5.48. The average Bonchev–Trinajstić information content (AvgIpc) is 2.06. The lowest BCUT2D eigenvalue weighted by molar-refractivity contribution is 0.350. The van der Waals surface area contributed by atoms with Crippen LogP contribution in [-0.2, 0) is 10.8 Å². The molecule has 0 aromatic rings. The van der Waals surface area contributed by atoms with Gasteiger partial charge in [-0.15, -0.1) is 0 Å². The van der Waals surface area contributed by atoms with E-state index < -0.39 is 10.8 Å². The van der Waals surface area contributed by atoms with Gasteiger partial charge in [0, 0.05) is 21.6 Å². The van der Waals surface area contributed by atoms with Crippen LogP contribution in [0.1, 0.15) is 47.0 Å². The molecular formula is C11H23NOS. The lowest BCUT2D eigenvalue weighted by Crippen LogP contribution is -2.47. The average molecular weight is 217 g/mol. The maximum atomic E-state index is 12.2. The summed E-state index contributed by atoms with van der Waals surface area (Å²) in [6.07, 6.45) is 3.26. The van der Waals surface area contributed by atoms with Crippen molar-refractivity contribution in [1.29, 1.82) is 0 Å². The van der Waals surface area contributed by atoms with Crippen molar-refractivity contribution in [3.63, 3.8) is 0 Å². The van der Waals surface area contributed by atoms with Gasteiger partial charge in [0.25, 0.3) is 0 Å². The molecule has 0 spiro atoms. The first-order chi connectivity index (χ1) is 6.32. The van der Waals surface area contributed by atoms with Crippen LogP contribution in [0.2, 0.25) is 0 Å². The summed E-state index contributed by atoms with van der Waals surface area (Å²) < 4.78 is 12.1. The first-order valence-corrected chi connectivity index (χ1v) is 6.70. The van der Waals surface area contributed by atoms with Gasteiger partial charge in [0.2, 0.25) is 0 Å². The summed E-state index contributed by atoms with van der Waals surface area (Å²) in [7, 11) is -0.800. The van der Waals surface area contributed by atoms with E-state index >= 15 is 0 Å². The Morgan fingerprint density at radius 3 is 2.36 bits per heavy atom. The molecule has 1 aliphatic carbocycles. The minimum Gasteiger partial charge on any atom is -0.327 e. The van der Waals surface area contributed by atoms with Gasteiger partial charge in [-0.05, 0) is 46.0 Å². The highest BCUT2D eigenvalue weighted by atomic mass is 32.2. The fourth-order valence-electron chi connectivity index (χ4n) is 2.05. The van der Waals surface area contributed by atoms with E-state index in [2.05, 4.69) is 6.92 Å². The number of nitrogens with two attached hydrogens (primary N) is 1. The molecule has 0 saturated heterocycles. The van der Waals surface area contributed by atoms with E-state index in [1.54, 1.807) is 0 Å². The quantitative estimate of drug-likeness (QED) is 0.730. The van der Waals surface area contributed by atoms with Gasteiger partial charge in [0.15, 0.2) is 0 Å². The Kier molecular flexibility index (Phi) is 3.75. The van der Waals surface area contributed by atoms with E-state index in [-0.39, 0.29) is 16.0 Å². The SMILES string of the molecule is CC1CCC(N)C(S(=O)C(C)(C)C)C1. The summed E-state index contributed by atoms with van der Waals surface area (Å²) in [6.45, 7) is 8.35. The van der Waals surface area contributed by atoms with Crippen LogP contribution in [0.4, 0.5) is 0 Å². The summed E-state index contributed by atoms with van der Waals surface area (Å²) in [5, 5.41) is 0.207. The van der Waals surface area contributed by atoms with Crippen LogP contribution in [-0.4, -0.2) is 20.2 Å². The largest absolute Gasteiger partial charge is 0.327 e. The Bertz CT molecular complexity index is 222. The fourth-order valence-corrected chi connectivity index (χ4v) is 3.92. The summed E-state index contributed by atoms with van der Waals surface area (Å²) in [5.41, 5.74) is 6.05. The van der Waals surface area contributed by atoms with Crippen molar-refractivity contribution in [3.05, 3.63) is 0 Å². The highest BCUT2D eigenvalue weighted by Crippen LogP contribution is 2.30. The van der Waals surface area contributed by atoms with Crippen LogP contribution in [0.15, 0.2) is 0 Å². The molecule has 84 valence electrons. The molecule has 1 saturated carbocycles. The van der Waals surface area contributed by atoms with Crippen LogP contribution >= 0.6 is 0 Å². The molecule has 0 aliphatic heterocycles. The number of rotatable bonds is 1. The third-order valence-electron chi connectivity index (χ3n) is 2.98. The molecule has 1 aliphatic rings. The van der Waals surface area contributed by atoms with Crippen LogP contribution in [0.25, 0.3) is 0 Å². The Labute approximate surface area is 90.1 Å². The van der Waals surface area contributed by atoms with Crippen LogP contribution in [0, 0.1) is 5.92 Å². The van der Waals surface area contributed by atoms with E-state index in [1.807, 2.05) is 20.8 Å². The predicted molar refractivity (Wildman–Crippen MR) is 62.7 cm³/mol. The number of hydrogen-bond acceptors (Lipinski definition) is 2. The van der Waals surface area contributed by atoms with E-state index in [0.717, 1.165) is 12.8 Å². The van der Waals surface area contributed by atoms with Gasteiger partial charge in [-0.3, -0.25) is 4.21 Å². The molecule has 1 fully saturated rings. The zero-order chi connectivity index (χ0) is 10.9. The monoisotopic (exact) mass is 217 g/mol. The predicted octanol–water partition coefficient (Wildman–Crippen LogP) is 2.05. The van der Waals surface area contributed by atoms with E-state index in [0.29, 0.717) is 5.92 Å². The lowest BCUT2D eigenvalue weighted by atomic mass is 9.87. The van der Waals surface area contributed by atoms with Crippen LogP contribution < -0.4 is 5.73 Å². The second-order valence-corrected chi connectivity index (χ2v) is 7.96. The van der Waals surface area contributed by atoms with Gasteiger partial charge in [-0.25, -0.2) is 0 Å². The van der Waals surface area contributed by atoms with E-state index in [4.69, 9.17) is 5.73 Å². The molecule has 1 rings (SSSR count). The Morgan fingerprint density at radius 1 is 1.29 bits per heavy atom. The molecule has 0 amide bonds. The van der Waals surface area contributed by atoms with Gasteiger partial charge in [0.05, 0.1) is 5.25 Å². The smallest absolute Gasteiger partial charge is 0.0506 e. The molecule has 2 nitrogen and oxygen atoms in total. The summed E-state index contributed by atoms with van der Waals surface area (Å²) in [6, 6.07) is 0.145. The third kappa shape index (κ3) is 2.80. The maximum Gasteiger partial charge on any atom is 0.0506 e. The van der Waals surface area contributed by atoms with E-state index in [1.165, 1.54) is 6.42 Å². The van der Waals surface area contributed by atoms with Gasteiger partial charge < -0.3 is 5.73 Å². The standard InChI is InChI=1S/C11H23NOS/c1-8-5-6-9(12)10(7-8)14(13)11(2,3)4/h8-10H,5-7,12H2,1-4H3. The molecule has 4 unspecified atom stereocenters. The Morgan fingerprint density at radius 2 is 1.86 bits per heavy atom. The summed E-state index contributed by atoms with van der Waals surface area (Å²) in [4.78, 5) is 0. The highest BCUT2D eigenvalue weighted by molar-refractivity contribution is 7.87. The Hall–Kier alpha value is 0.110. The van der Waals surface area contributed by atoms with Crippen molar-refractivity contribution < 1.29 is 4.21 Å². The van der Waals surface area contributed by atoms with Gasteiger partial charge in [0.1, 0.15) is 0 Å². The molecule has 3 heteroatoms. The molecule has 14 heavy (non-hydrogen) atoms. The molecular weight excluding hydrogens is 194 g/mol. The normalized spacial score (nSPS) is 36.8. The molecule has 2 N–H and O–H groups in total. The third-order valence-corrected chi connectivity index (χ3v) is 5.28. The molecule has 0 bridgehead atoms. The molecule has 0 heterocycles. The fraction of sp³-hybridized carbons (Fsp3) is 1.00. The highest BCUT2D eigenvalue weighted by Gasteiger charge is 2.35. The molecule has 0 radical (unpaired) electrons. The first kappa shape index (κ1) is 12.2. The van der Waals surface area contributed by atoms with Crippen LogP contribution in [0.5, 0.6) is 0 Å². The molecule has 0 aromatic heterocycles. The number of hydrogen-bond donors (Lipinski definition) is 1. The van der Waals surface area contributed by atoms with E-state index in [9.17, 15) is 4.21 Å². The zero-order valence-electron chi connectivity index (χ0n) is 9.75. The second kappa shape index (κ2) is 4.31. The summed E-state index contributed by atoms with van der Waals surface area (Å²) >= 11 is 0. The van der Waals surface area contributed by atoms with Crippen molar-refractivity contribution in [2.75, 3.05) is 0 Å². The minimum atomic E-state index is -0.800. The van der Waals surface area contributed by atoms with Crippen molar-refractivity contribution in [2.45, 2.75) is 63.0 Å². The molecule has 0 aromatic carbocycles.